The van der Waals surface area contributed by atoms with E-state index in [4.69, 9.17) is 18.9 Å². The number of amides is 1. The molecule has 2 saturated heterocycles. The first kappa shape index (κ1) is 69.8. The molecule has 0 spiro atoms. The molecule has 2 heterocycles. The molecule has 0 aromatic carbocycles. The van der Waals surface area contributed by atoms with Crippen molar-refractivity contribution in [2.45, 2.75) is 261 Å². The van der Waals surface area contributed by atoms with E-state index in [9.17, 15) is 45.6 Å². The average molecular weight is 1080 g/mol. The maximum Gasteiger partial charge on any atom is 0.220 e. The lowest BCUT2D eigenvalue weighted by Crippen LogP contribution is -2.65. The first-order chi connectivity index (χ1) is 37.6. The van der Waals surface area contributed by atoms with Crippen LogP contribution in [0.4, 0.5) is 0 Å². The molecule has 9 N–H and O–H groups in total. The summed E-state index contributed by atoms with van der Waals surface area (Å²) in [6, 6.07) is -0.944. The van der Waals surface area contributed by atoms with Crippen molar-refractivity contribution in [1.82, 2.24) is 5.32 Å². The van der Waals surface area contributed by atoms with E-state index in [2.05, 4.69) is 116 Å². The molecule has 0 saturated carbocycles. The number of carbonyl (C=O) groups excluding carboxylic acids is 1. The van der Waals surface area contributed by atoms with E-state index in [0.717, 1.165) is 89.9 Å². The van der Waals surface area contributed by atoms with Crippen molar-refractivity contribution in [2.75, 3.05) is 19.8 Å². The van der Waals surface area contributed by atoms with Gasteiger partial charge in [-0.1, -0.05) is 200 Å². The van der Waals surface area contributed by atoms with Crippen LogP contribution >= 0.6 is 0 Å². The van der Waals surface area contributed by atoms with Gasteiger partial charge in [-0.3, -0.25) is 4.79 Å². The van der Waals surface area contributed by atoms with Gasteiger partial charge < -0.3 is 65.1 Å². The highest BCUT2D eigenvalue weighted by molar-refractivity contribution is 5.76. The summed E-state index contributed by atoms with van der Waals surface area (Å²) in [6.45, 7) is 2.58. The molecule has 2 aliphatic rings. The number of carbonyl (C=O) groups is 1. The number of unbranched alkanes of at least 4 members (excludes halogenated alkanes) is 16. The number of allylic oxidation sites excluding steroid dienone is 17. The minimum atomic E-state index is -1.80. The molecule has 2 fully saturated rings. The summed E-state index contributed by atoms with van der Waals surface area (Å²) in [7, 11) is 0. The maximum atomic E-state index is 13.2. The van der Waals surface area contributed by atoms with Crippen molar-refractivity contribution < 1.29 is 64.6 Å². The molecule has 0 aliphatic carbocycles. The first-order valence-electron chi connectivity index (χ1n) is 29.6. The van der Waals surface area contributed by atoms with Crippen LogP contribution in [0.3, 0.4) is 0 Å². The molecular formula is C63H105NO13. The van der Waals surface area contributed by atoms with E-state index in [1.807, 2.05) is 6.08 Å². The van der Waals surface area contributed by atoms with Gasteiger partial charge in [-0.2, -0.15) is 0 Å². The Balaban J connectivity index is 1.69. The minimum absolute atomic E-state index is 0.260. The van der Waals surface area contributed by atoms with Crippen LogP contribution in [0.2, 0.25) is 0 Å². The Morgan fingerprint density at radius 2 is 0.909 bits per heavy atom. The zero-order valence-corrected chi connectivity index (χ0v) is 47.2. The molecule has 12 atom stereocenters. The highest BCUT2D eigenvalue weighted by Gasteiger charge is 2.51. The standard InChI is InChI=1S/C63H105NO13/c1-3-5-7-9-11-13-15-17-18-19-20-21-22-23-24-25-26-27-28-29-30-31-32-33-34-35-37-39-41-43-45-47-55(68)64-51(52(67)46-44-42-40-38-36-16-14-12-10-8-6-4-2)50-74-62-60(73)58(71)61(54(49-66)76-62)77-63-59(72)57(70)56(69)53(48-65)75-63/h5,7,10-13,17-18,20-21,23-24,26-27,36,38,44,46,51-54,56-63,65-67,69-73H,3-4,6,8-9,14-16,19,22,25,28-35,37,39-43,45,47-50H2,1-2H3,(H,64,68)/b7-5-,12-10+,13-11-,18-17-,21-20-,24-23-,27-26-,38-36+,46-44+. The monoisotopic (exact) mass is 1080 g/mol. The summed E-state index contributed by atoms with van der Waals surface area (Å²) in [4.78, 5) is 13.2. The quantitative estimate of drug-likeness (QED) is 0.0205. The van der Waals surface area contributed by atoms with Gasteiger partial charge in [0.25, 0.3) is 0 Å². The van der Waals surface area contributed by atoms with Crippen molar-refractivity contribution in [3.05, 3.63) is 109 Å². The molecule has 0 bridgehead atoms. The topological polar surface area (TPSA) is 228 Å². The lowest BCUT2D eigenvalue weighted by Gasteiger charge is -2.46. The molecule has 0 aromatic heterocycles. The molecule has 2 rings (SSSR count). The molecule has 77 heavy (non-hydrogen) atoms. The number of rotatable bonds is 45. The fourth-order valence-electron chi connectivity index (χ4n) is 8.90. The van der Waals surface area contributed by atoms with Gasteiger partial charge in [-0.05, 0) is 89.9 Å². The SMILES string of the molecule is CC/C=C\C/C=C\C/C=C\C/C=C\C/C=C\C/C=C\CCCCCCCCCCCCCCC(=O)NC(COC1OC(CO)C(OC2OC(CO)C(O)C(O)C2O)C(O)C1O)C(O)/C=C/CC/C=C/CC/C=C/CCCC. The summed E-state index contributed by atoms with van der Waals surface area (Å²) in [6.07, 6.45) is 50.0. The zero-order chi connectivity index (χ0) is 56.0. The molecule has 0 radical (unpaired) electrons. The Bertz CT molecular complexity index is 1700. The molecule has 0 aromatic rings. The molecule has 440 valence electrons. The highest BCUT2D eigenvalue weighted by atomic mass is 16.7. The van der Waals surface area contributed by atoms with E-state index in [1.54, 1.807) is 6.08 Å². The fraction of sp³-hybridized carbons (Fsp3) is 0.698. The molecule has 12 unspecified atom stereocenters. The Morgan fingerprint density at radius 1 is 0.481 bits per heavy atom. The van der Waals surface area contributed by atoms with Crippen molar-refractivity contribution in [3.63, 3.8) is 0 Å². The predicted molar refractivity (Wildman–Crippen MR) is 309 cm³/mol. The van der Waals surface area contributed by atoms with Crippen LogP contribution in [0.15, 0.2) is 109 Å². The van der Waals surface area contributed by atoms with Gasteiger partial charge in [0.2, 0.25) is 5.91 Å². The van der Waals surface area contributed by atoms with Crippen molar-refractivity contribution >= 4 is 5.91 Å². The van der Waals surface area contributed by atoms with Gasteiger partial charge in [0.15, 0.2) is 12.6 Å². The second-order valence-corrected chi connectivity index (χ2v) is 20.4. The Kier molecular flexibility index (Phi) is 43.0. The Morgan fingerprint density at radius 3 is 1.43 bits per heavy atom. The maximum absolute atomic E-state index is 13.2. The molecule has 14 nitrogen and oxygen atoms in total. The summed E-state index contributed by atoms with van der Waals surface area (Å²) < 4.78 is 22.7. The van der Waals surface area contributed by atoms with Crippen LogP contribution in [0.5, 0.6) is 0 Å². The molecular weight excluding hydrogens is 979 g/mol. The Hall–Kier alpha value is -3.35. The van der Waals surface area contributed by atoms with E-state index in [0.29, 0.717) is 12.8 Å². The van der Waals surface area contributed by atoms with E-state index < -0.39 is 86.8 Å². The lowest BCUT2D eigenvalue weighted by atomic mass is 9.97. The average Bonchev–Trinajstić information content (AvgIpc) is 3.43. The normalized spacial score (nSPS) is 25.5. The third kappa shape index (κ3) is 33.1. The van der Waals surface area contributed by atoms with Crippen LogP contribution < -0.4 is 5.32 Å². The molecule has 2 aliphatic heterocycles. The van der Waals surface area contributed by atoms with Gasteiger partial charge in [0, 0.05) is 6.42 Å². The van der Waals surface area contributed by atoms with Crippen LogP contribution in [-0.2, 0) is 23.7 Å². The van der Waals surface area contributed by atoms with E-state index in [1.165, 1.54) is 64.2 Å². The van der Waals surface area contributed by atoms with Crippen LogP contribution in [0, 0.1) is 0 Å². The second kappa shape index (κ2) is 47.5. The fourth-order valence-corrected chi connectivity index (χ4v) is 8.90. The number of ether oxygens (including phenoxy) is 4. The first-order valence-corrected chi connectivity index (χ1v) is 29.6. The summed E-state index contributed by atoms with van der Waals surface area (Å²) in [5.74, 6) is -0.263. The Labute approximate surface area is 464 Å². The number of hydrogen-bond donors (Lipinski definition) is 9. The highest BCUT2D eigenvalue weighted by Crippen LogP contribution is 2.30. The van der Waals surface area contributed by atoms with Gasteiger partial charge in [-0.25, -0.2) is 0 Å². The molecule has 14 heteroatoms. The third-order valence-electron chi connectivity index (χ3n) is 13.7. The van der Waals surface area contributed by atoms with Gasteiger partial charge in [-0.15, -0.1) is 0 Å². The number of hydrogen-bond acceptors (Lipinski definition) is 13. The number of aliphatic hydroxyl groups excluding tert-OH is 8. The van der Waals surface area contributed by atoms with Crippen molar-refractivity contribution in [1.29, 1.82) is 0 Å². The van der Waals surface area contributed by atoms with E-state index >= 15 is 0 Å². The van der Waals surface area contributed by atoms with Gasteiger partial charge in [0.1, 0.15) is 48.8 Å². The summed E-state index contributed by atoms with van der Waals surface area (Å²) in [5.41, 5.74) is 0. The minimum Gasteiger partial charge on any atom is -0.394 e. The predicted octanol–water partition coefficient (Wildman–Crippen LogP) is 10.1. The third-order valence-corrected chi connectivity index (χ3v) is 13.7. The van der Waals surface area contributed by atoms with Crippen LogP contribution in [-0.4, -0.2) is 140 Å². The lowest BCUT2D eigenvalue weighted by molar-refractivity contribution is -0.359. The van der Waals surface area contributed by atoms with Crippen LogP contribution in [0.25, 0.3) is 0 Å². The van der Waals surface area contributed by atoms with Gasteiger partial charge >= 0.3 is 0 Å². The van der Waals surface area contributed by atoms with E-state index in [-0.39, 0.29) is 18.9 Å². The van der Waals surface area contributed by atoms with Crippen LogP contribution in [0.1, 0.15) is 187 Å². The van der Waals surface area contributed by atoms with Crippen molar-refractivity contribution in [2.24, 2.45) is 0 Å². The smallest absolute Gasteiger partial charge is 0.220 e. The summed E-state index contributed by atoms with van der Waals surface area (Å²) in [5, 5.41) is 86.9. The van der Waals surface area contributed by atoms with Crippen molar-refractivity contribution in [3.8, 4) is 0 Å². The summed E-state index contributed by atoms with van der Waals surface area (Å²) >= 11 is 0. The van der Waals surface area contributed by atoms with Gasteiger partial charge in [0.05, 0.1) is 32.0 Å². The zero-order valence-electron chi connectivity index (χ0n) is 47.2. The second-order valence-electron chi connectivity index (χ2n) is 20.4. The largest absolute Gasteiger partial charge is 0.394 e. The number of aliphatic hydroxyl groups is 8. The molecule has 1 amide bonds. The number of nitrogens with one attached hydrogen (secondary N) is 1.